The van der Waals surface area contributed by atoms with Crippen molar-refractivity contribution in [1.29, 1.82) is 0 Å². The van der Waals surface area contributed by atoms with Crippen molar-refractivity contribution >= 4 is 11.8 Å². The SMILES string of the molecule is COCCC1(CN2C(=O)C(C)NC(=O)C2C)CC1. The van der Waals surface area contributed by atoms with Gasteiger partial charge in [-0.25, -0.2) is 0 Å². The molecule has 2 unspecified atom stereocenters. The summed E-state index contributed by atoms with van der Waals surface area (Å²) in [6.07, 6.45) is 3.22. The Kier molecular flexibility index (Phi) is 3.61. The zero-order chi connectivity index (χ0) is 13.3. The van der Waals surface area contributed by atoms with Crippen molar-refractivity contribution in [3.05, 3.63) is 0 Å². The highest BCUT2D eigenvalue weighted by Crippen LogP contribution is 2.49. The summed E-state index contributed by atoms with van der Waals surface area (Å²) < 4.78 is 5.12. The number of nitrogens with zero attached hydrogens (tertiary/aromatic N) is 1. The highest BCUT2D eigenvalue weighted by molar-refractivity contribution is 5.96. The fourth-order valence-corrected chi connectivity index (χ4v) is 2.54. The lowest BCUT2D eigenvalue weighted by atomic mass is 9.99. The van der Waals surface area contributed by atoms with Crippen molar-refractivity contribution in [2.24, 2.45) is 5.41 Å². The molecule has 0 aromatic carbocycles. The molecule has 2 fully saturated rings. The molecule has 2 atom stereocenters. The average molecular weight is 254 g/mol. The minimum Gasteiger partial charge on any atom is -0.385 e. The van der Waals surface area contributed by atoms with E-state index in [1.165, 1.54) is 0 Å². The first-order valence-corrected chi connectivity index (χ1v) is 6.59. The third-order valence-electron chi connectivity index (χ3n) is 4.16. The van der Waals surface area contributed by atoms with Crippen molar-refractivity contribution < 1.29 is 14.3 Å². The number of hydrogen-bond acceptors (Lipinski definition) is 3. The Hall–Kier alpha value is -1.10. The fraction of sp³-hybridized carbons (Fsp3) is 0.846. The number of rotatable bonds is 5. The molecular formula is C13H22N2O3. The van der Waals surface area contributed by atoms with Gasteiger partial charge in [-0.2, -0.15) is 0 Å². The molecule has 0 bridgehead atoms. The molecule has 0 aromatic rings. The predicted molar refractivity (Wildman–Crippen MR) is 66.9 cm³/mol. The van der Waals surface area contributed by atoms with Crippen LogP contribution in [0, 0.1) is 5.41 Å². The fourth-order valence-electron chi connectivity index (χ4n) is 2.54. The van der Waals surface area contributed by atoms with E-state index in [0.717, 1.165) is 25.9 Å². The van der Waals surface area contributed by atoms with E-state index in [9.17, 15) is 9.59 Å². The summed E-state index contributed by atoms with van der Waals surface area (Å²) in [6.45, 7) is 4.95. The Labute approximate surface area is 108 Å². The number of piperazine rings is 1. The van der Waals surface area contributed by atoms with Gasteiger partial charge in [0.2, 0.25) is 11.8 Å². The second kappa shape index (κ2) is 4.88. The molecule has 1 aliphatic heterocycles. The second-order valence-electron chi connectivity index (χ2n) is 5.62. The molecule has 18 heavy (non-hydrogen) atoms. The van der Waals surface area contributed by atoms with Crippen LogP contribution in [0.2, 0.25) is 0 Å². The van der Waals surface area contributed by atoms with E-state index in [1.54, 1.807) is 25.9 Å². The number of carbonyl (C=O) groups excluding carboxylic acids is 2. The number of hydrogen-bond donors (Lipinski definition) is 1. The first-order chi connectivity index (χ1) is 8.49. The van der Waals surface area contributed by atoms with Gasteiger partial charge in [0.25, 0.3) is 0 Å². The zero-order valence-electron chi connectivity index (χ0n) is 11.4. The van der Waals surface area contributed by atoms with Crippen molar-refractivity contribution in [1.82, 2.24) is 10.2 Å². The van der Waals surface area contributed by atoms with Crippen LogP contribution >= 0.6 is 0 Å². The lowest BCUT2D eigenvalue weighted by molar-refractivity contribution is -0.149. The van der Waals surface area contributed by atoms with Gasteiger partial charge in [-0.1, -0.05) is 0 Å². The smallest absolute Gasteiger partial charge is 0.245 e. The maximum absolute atomic E-state index is 12.1. The quantitative estimate of drug-likeness (QED) is 0.779. The number of methoxy groups -OCH3 is 1. The molecule has 0 aromatic heterocycles. The van der Waals surface area contributed by atoms with E-state index in [4.69, 9.17) is 4.74 Å². The van der Waals surface area contributed by atoms with E-state index < -0.39 is 6.04 Å². The van der Waals surface area contributed by atoms with Crippen LogP contribution < -0.4 is 5.32 Å². The molecular weight excluding hydrogens is 232 g/mol. The van der Waals surface area contributed by atoms with Crippen molar-refractivity contribution in [2.75, 3.05) is 20.3 Å². The third-order valence-corrected chi connectivity index (χ3v) is 4.16. The lowest BCUT2D eigenvalue weighted by Crippen LogP contribution is -2.62. The van der Waals surface area contributed by atoms with Gasteiger partial charge >= 0.3 is 0 Å². The first-order valence-electron chi connectivity index (χ1n) is 6.59. The molecule has 102 valence electrons. The minimum atomic E-state index is -0.396. The Balaban J connectivity index is 2.02. The maximum Gasteiger partial charge on any atom is 0.245 e. The molecule has 1 heterocycles. The van der Waals surface area contributed by atoms with Crippen molar-refractivity contribution in [3.8, 4) is 0 Å². The summed E-state index contributed by atoms with van der Waals surface area (Å²) in [6, 6.07) is -0.749. The number of amides is 2. The minimum absolute atomic E-state index is 0.0331. The van der Waals surface area contributed by atoms with E-state index in [0.29, 0.717) is 6.54 Å². The van der Waals surface area contributed by atoms with E-state index in [1.807, 2.05) is 0 Å². The van der Waals surface area contributed by atoms with Gasteiger partial charge in [-0.05, 0) is 38.5 Å². The average Bonchev–Trinajstić information content (AvgIpc) is 3.10. The van der Waals surface area contributed by atoms with E-state index in [2.05, 4.69) is 5.32 Å². The van der Waals surface area contributed by atoms with Gasteiger partial charge in [0.1, 0.15) is 12.1 Å². The van der Waals surface area contributed by atoms with Crippen LogP contribution in [0.1, 0.15) is 33.1 Å². The summed E-state index contributed by atoms with van der Waals surface area (Å²) in [4.78, 5) is 25.6. The van der Waals surface area contributed by atoms with Gasteiger partial charge in [0.15, 0.2) is 0 Å². The molecule has 1 aliphatic carbocycles. The molecule has 1 saturated heterocycles. The Morgan fingerprint density at radius 2 is 2.06 bits per heavy atom. The summed E-state index contributed by atoms with van der Waals surface area (Å²) in [7, 11) is 1.69. The summed E-state index contributed by atoms with van der Waals surface area (Å²) >= 11 is 0. The molecule has 5 nitrogen and oxygen atoms in total. The van der Waals surface area contributed by atoms with E-state index >= 15 is 0 Å². The van der Waals surface area contributed by atoms with Crippen LogP contribution in [-0.2, 0) is 14.3 Å². The summed E-state index contributed by atoms with van der Waals surface area (Å²) in [5, 5.41) is 2.70. The Bertz CT molecular complexity index is 352. The van der Waals surface area contributed by atoms with Crippen molar-refractivity contribution in [3.63, 3.8) is 0 Å². The van der Waals surface area contributed by atoms with Crippen LogP contribution in [0.4, 0.5) is 0 Å². The third kappa shape index (κ3) is 2.51. The van der Waals surface area contributed by atoms with Gasteiger partial charge in [-0.15, -0.1) is 0 Å². The van der Waals surface area contributed by atoms with Crippen LogP contribution in [0.3, 0.4) is 0 Å². The lowest BCUT2D eigenvalue weighted by Gasteiger charge is -2.38. The number of nitrogens with one attached hydrogen (secondary N) is 1. The molecule has 0 spiro atoms. The van der Waals surface area contributed by atoms with E-state index in [-0.39, 0.29) is 23.3 Å². The molecule has 5 heteroatoms. The van der Waals surface area contributed by atoms with Crippen LogP contribution in [0.15, 0.2) is 0 Å². The maximum atomic E-state index is 12.1. The normalized spacial score (nSPS) is 30.3. The van der Waals surface area contributed by atoms with Crippen LogP contribution in [0.25, 0.3) is 0 Å². The monoisotopic (exact) mass is 254 g/mol. The largest absolute Gasteiger partial charge is 0.385 e. The summed E-state index contributed by atoms with van der Waals surface area (Å²) in [5.74, 6) is -0.0181. The Morgan fingerprint density at radius 1 is 1.39 bits per heavy atom. The molecule has 2 amide bonds. The van der Waals surface area contributed by atoms with Gasteiger partial charge in [0, 0.05) is 20.3 Å². The number of ether oxygens (including phenoxy) is 1. The standard InChI is InChI=1S/C13H22N2O3/c1-9-12(17)15(10(2)11(16)14-9)8-13(4-5-13)6-7-18-3/h9-10H,4-8H2,1-3H3,(H,14,16). The van der Waals surface area contributed by atoms with Gasteiger partial charge < -0.3 is 15.0 Å². The highest BCUT2D eigenvalue weighted by atomic mass is 16.5. The van der Waals surface area contributed by atoms with Gasteiger partial charge in [-0.3, -0.25) is 9.59 Å². The Morgan fingerprint density at radius 3 is 2.61 bits per heavy atom. The molecule has 2 rings (SSSR count). The number of carbonyl (C=O) groups is 2. The topological polar surface area (TPSA) is 58.6 Å². The zero-order valence-corrected chi connectivity index (χ0v) is 11.4. The predicted octanol–water partition coefficient (Wildman–Crippen LogP) is 0.538. The first kappa shape index (κ1) is 13.3. The molecule has 1 saturated carbocycles. The second-order valence-corrected chi connectivity index (χ2v) is 5.62. The molecule has 0 radical (unpaired) electrons. The molecule has 1 N–H and O–H groups in total. The molecule has 2 aliphatic rings. The van der Waals surface area contributed by atoms with Gasteiger partial charge in [0.05, 0.1) is 0 Å². The highest BCUT2D eigenvalue weighted by Gasteiger charge is 2.47. The van der Waals surface area contributed by atoms with Crippen LogP contribution in [0.5, 0.6) is 0 Å². The van der Waals surface area contributed by atoms with Crippen LogP contribution in [-0.4, -0.2) is 49.1 Å². The summed E-state index contributed by atoms with van der Waals surface area (Å²) in [5.41, 5.74) is 0.192. The van der Waals surface area contributed by atoms with Crippen molar-refractivity contribution in [2.45, 2.75) is 45.2 Å².